The van der Waals surface area contributed by atoms with E-state index in [1.165, 1.54) is 0 Å². The van der Waals surface area contributed by atoms with Crippen molar-refractivity contribution in [3.05, 3.63) is 0 Å². The van der Waals surface area contributed by atoms with Gasteiger partial charge in [-0.05, 0) is 56.8 Å². The second kappa shape index (κ2) is 11.5. The topological polar surface area (TPSA) is 146 Å². The van der Waals surface area contributed by atoms with Crippen LogP contribution in [0.3, 0.4) is 0 Å². The van der Waals surface area contributed by atoms with Crippen molar-refractivity contribution in [1.82, 2.24) is 20.9 Å². The van der Waals surface area contributed by atoms with E-state index in [2.05, 4.69) is 16.0 Å². The Balaban J connectivity index is 1.82. The minimum absolute atomic E-state index is 0.0677. The molecule has 6 atom stereocenters. The van der Waals surface area contributed by atoms with Crippen LogP contribution in [0.15, 0.2) is 0 Å². The Morgan fingerprint density at radius 3 is 2.05 bits per heavy atom. The number of likely N-dealkylation sites (tertiary alicyclic amines) is 1. The molecule has 3 aliphatic rings. The lowest BCUT2D eigenvalue weighted by Crippen LogP contribution is -2.61. The van der Waals surface area contributed by atoms with Crippen molar-refractivity contribution in [2.24, 2.45) is 28.9 Å². The molecule has 10 nitrogen and oxygen atoms in total. The molecule has 3 rings (SSSR count). The van der Waals surface area contributed by atoms with Crippen molar-refractivity contribution >= 4 is 23.6 Å². The number of nitrogens with two attached hydrogens (primary N) is 1. The average Bonchev–Trinajstić information content (AvgIpc) is 3.29. The van der Waals surface area contributed by atoms with Gasteiger partial charge in [-0.1, -0.05) is 53.9 Å². The normalized spacial score (nSPS) is 27.4. The number of ketones is 1. The van der Waals surface area contributed by atoms with Crippen molar-refractivity contribution in [2.45, 2.75) is 123 Å². The Kier molecular flexibility index (Phi) is 9.18. The predicted molar refractivity (Wildman–Crippen MR) is 145 cm³/mol. The van der Waals surface area contributed by atoms with E-state index in [9.17, 15) is 19.2 Å². The standard InChI is InChI=1S/C28H49N5O5/c1-15(2)17-12-13-33(25(36)22(27(3,4)5)31-26(37)32-28(6,7)8)19(17)24(35)30-18(14-16-10-9-11-16)20(34)21-23(29)38-21/h15-19,21-23H,9-14,29H2,1-8H3,(H,30,35)(H2,31,32,37)/t17?,18?,19-,21?,22+,23?/m0/s1. The van der Waals surface area contributed by atoms with Crippen molar-refractivity contribution in [3.8, 4) is 0 Å². The molecule has 2 heterocycles. The fourth-order valence-electron chi connectivity index (χ4n) is 5.54. The number of nitrogens with zero attached hydrogens (tertiary/aromatic N) is 1. The average molecular weight is 536 g/mol. The summed E-state index contributed by atoms with van der Waals surface area (Å²) in [6, 6.07) is -2.69. The molecule has 0 aromatic heterocycles. The van der Waals surface area contributed by atoms with E-state index < -0.39 is 47.4 Å². The number of ether oxygens (including phenoxy) is 1. The molecule has 2 saturated heterocycles. The highest BCUT2D eigenvalue weighted by atomic mass is 16.6. The second-order valence-corrected chi connectivity index (χ2v) is 13.8. The molecule has 4 unspecified atom stereocenters. The lowest BCUT2D eigenvalue weighted by atomic mass is 9.79. The van der Waals surface area contributed by atoms with Crippen LogP contribution in [0.1, 0.15) is 87.5 Å². The summed E-state index contributed by atoms with van der Waals surface area (Å²) in [5.41, 5.74) is 4.70. The molecule has 1 aliphatic carbocycles. The van der Waals surface area contributed by atoms with Gasteiger partial charge in [-0.15, -0.1) is 0 Å². The highest BCUT2D eigenvalue weighted by molar-refractivity contribution is 5.97. The number of nitrogens with one attached hydrogen (secondary N) is 3. The first kappa shape index (κ1) is 30.3. The molecule has 4 amide bonds. The summed E-state index contributed by atoms with van der Waals surface area (Å²) in [5.74, 6) is -0.343. The zero-order valence-electron chi connectivity index (χ0n) is 24.4. The molecule has 5 N–H and O–H groups in total. The summed E-state index contributed by atoms with van der Waals surface area (Å²) in [5, 5.41) is 8.72. The van der Waals surface area contributed by atoms with Crippen molar-refractivity contribution in [1.29, 1.82) is 0 Å². The lowest BCUT2D eigenvalue weighted by molar-refractivity contribution is -0.143. The van der Waals surface area contributed by atoms with Gasteiger partial charge in [0, 0.05) is 12.1 Å². The Morgan fingerprint density at radius 2 is 1.61 bits per heavy atom. The number of epoxide rings is 1. The SMILES string of the molecule is CC(C)C1CCN(C(=O)[C@@H](NC(=O)NC(C)(C)C)C(C)(C)C)[C@@H]1C(=O)NC(CC1CCC1)C(=O)C1OC1N. The second-order valence-electron chi connectivity index (χ2n) is 13.8. The largest absolute Gasteiger partial charge is 0.345 e. The third-order valence-corrected chi connectivity index (χ3v) is 7.99. The van der Waals surface area contributed by atoms with Crippen LogP contribution in [0.2, 0.25) is 0 Å². The summed E-state index contributed by atoms with van der Waals surface area (Å²) >= 11 is 0. The van der Waals surface area contributed by atoms with Gasteiger partial charge in [0.1, 0.15) is 18.3 Å². The van der Waals surface area contributed by atoms with E-state index in [1.807, 2.05) is 55.4 Å². The van der Waals surface area contributed by atoms with Crippen molar-refractivity contribution < 1.29 is 23.9 Å². The molecule has 2 aliphatic heterocycles. The lowest BCUT2D eigenvalue weighted by Gasteiger charge is -2.37. The van der Waals surface area contributed by atoms with Gasteiger partial charge in [0.25, 0.3) is 0 Å². The van der Waals surface area contributed by atoms with E-state index in [1.54, 1.807) is 4.90 Å². The molecule has 0 aromatic carbocycles. The van der Waals surface area contributed by atoms with Crippen molar-refractivity contribution in [2.75, 3.05) is 6.54 Å². The zero-order valence-corrected chi connectivity index (χ0v) is 24.4. The van der Waals surface area contributed by atoms with Gasteiger partial charge in [0.05, 0.1) is 6.04 Å². The first-order valence-corrected chi connectivity index (χ1v) is 14.1. The highest BCUT2D eigenvalue weighted by Crippen LogP contribution is 2.35. The summed E-state index contributed by atoms with van der Waals surface area (Å²) in [6.45, 7) is 15.8. The van der Waals surface area contributed by atoms with Gasteiger partial charge in [0.15, 0.2) is 11.9 Å². The van der Waals surface area contributed by atoms with Gasteiger partial charge >= 0.3 is 6.03 Å². The minimum Gasteiger partial charge on any atom is -0.345 e. The van der Waals surface area contributed by atoms with E-state index >= 15 is 0 Å². The van der Waals surface area contributed by atoms with Crippen LogP contribution in [0.4, 0.5) is 4.79 Å². The number of hydrogen-bond acceptors (Lipinski definition) is 6. The predicted octanol–water partition coefficient (Wildman–Crippen LogP) is 2.30. The quantitative estimate of drug-likeness (QED) is 0.333. The van der Waals surface area contributed by atoms with Crippen LogP contribution in [0.25, 0.3) is 0 Å². The molecular weight excluding hydrogens is 486 g/mol. The van der Waals surface area contributed by atoms with Gasteiger partial charge in [-0.2, -0.15) is 0 Å². The number of rotatable bonds is 9. The van der Waals surface area contributed by atoms with Crippen LogP contribution in [0, 0.1) is 23.2 Å². The van der Waals surface area contributed by atoms with Gasteiger partial charge in [-0.3, -0.25) is 14.4 Å². The Morgan fingerprint density at radius 1 is 1.00 bits per heavy atom. The van der Waals surface area contributed by atoms with E-state index in [4.69, 9.17) is 10.5 Å². The number of urea groups is 1. The first-order chi connectivity index (χ1) is 17.5. The third kappa shape index (κ3) is 7.46. The zero-order chi connectivity index (χ0) is 28.6. The number of carbonyl (C=O) groups is 4. The summed E-state index contributed by atoms with van der Waals surface area (Å²) in [4.78, 5) is 55.3. The smallest absolute Gasteiger partial charge is 0.315 e. The fourth-order valence-corrected chi connectivity index (χ4v) is 5.54. The maximum atomic E-state index is 14.0. The van der Waals surface area contributed by atoms with E-state index in [0.717, 1.165) is 19.3 Å². The molecule has 10 heteroatoms. The summed E-state index contributed by atoms with van der Waals surface area (Å²) in [6.07, 6.45) is 3.13. The molecule has 0 radical (unpaired) electrons. The minimum atomic E-state index is -0.837. The monoisotopic (exact) mass is 535 g/mol. The van der Waals surface area contributed by atoms with Crippen LogP contribution in [-0.4, -0.2) is 71.1 Å². The van der Waals surface area contributed by atoms with E-state index in [-0.39, 0.29) is 29.4 Å². The van der Waals surface area contributed by atoms with E-state index in [0.29, 0.717) is 25.3 Å². The summed E-state index contributed by atoms with van der Waals surface area (Å²) < 4.78 is 5.23. The molecule has 216 valence electrons. The molecule has 0 spiro atoms. The van der Waals surface area contributed by atoms with Crippen LogP contribution < -0.4 is 21.7 Å². The summed E-state index contributed by atoms with van der Waals surface area (Å²) in [7, 11) is 0. The molecule has 38 heavy (non-hydrogen) atoms. The number of Topliss-reactive ketones (excluding diaryl/α,β-unsaturated/α-hetero) is 1. The van der Waals surface area contributed by atoms with Crippen molar-refractivity contribution in [3.63, 3.8) is 0 Å². The van der Waals surface area contributed by atoms with Crippen LogP contribution >= 0.6 is 0 Å². The molecule has 1 saturated carbocycles. The fraction of sp³-hybridized carbons (Fsp3) is 0.857. The Bertz CT molecular complexity index is 904. The molecule has 3 fully saturated rings. The maximum absolute atomic E-state index is 14.0. The first-order valence-electron chi connectivity index (χ1n) is 14.1. The highest BCUT2D eigenvalue weighted by Gasteiger charge is 2.50. The number of amides is 4. The molecule has 0 aromatic rings. The number of hydrogen-bond donors (Lipinski definition) is 4. The Hall–Kier alpha value is -2.20. The van der Waals surface area contributed by atoms with Crippen LogP contribution in [-0.2, 0) is 19.1 Å². The van der Waals surface area contributed by atoms with Gasteiger partial charge in [0.2, 0.25) is 11.8 Å². The van der Waals surface area contributed by atoms with Gasteiger partial charge in [-0.25, -0.2) is 4.79 Å². The third-order valence-electron chi connectivity index (χ3n) is 7.99. The molecular formula is C28H49N5O5. The Labute approximate surface area is 227 Å². The van der Waals surface area contributed by atoms with Crippen LogP contribution in [0.5, 0.6) is 0 Å². The molecule has 0 bridgehead atoms. The maximum Gasteiger partial charge on any atom is 0.315 e. The van der Waals surface area contributed by atoms with Gasteiger partial charge < -0.3 is 31.3 Å². The number of carbonyl (C=O) groups excluding carboxylic acids is 4.